The average molecular weight is 453 g/mol. The van der Waals surface area contributed by atoms with Gasteiger partial charge in [-0.2, -0.15) is 4.31 Å². The molecule has 3 rings (SSSR count). The van der Waals surface area contributed by atoms with Gasteiger partial charge in [0.25, 0.3) is 0 Å². The summed E-state index contributed by atoms with van der Waals surface area (Å²) in [7, 11) is -3.14. The van der Waals surface area contributed by atoms with Crippen molar-refractivity contribution in [2.75, 3.05) is 32.5 Å². The van der Waals surface area contributed by atoms with Crippen LogP contribution in [0.15, 0.2) is 18.2 Å². The van der Waals surface area contributed by atoms with Crippen LogP contribution in [0.1, 0.15) is 56.2 Å². The van der Waals surface area contributed by atoms with Gasteiger partial charge in [-0.25, -0.2) is 13.2 Å². The first kappa shape index (κ1) is 24.0. The number of likely N-dealkylation sites (tertiary alicyclic amines) is 1. The van der Waals surface area contributed by atoms with E-state index >= 15 is 0 Å². The molecule has 2 aliphatic rings. The molecular weight excluding hydrogens is 416 g/mol. The van der Waals surface area contributed by atoms with Crippen LogP contribution in [0.3, 0.4) is 0 Å². The molecule has 1 amide bonds. The standard InChI is InChI=1S/C23H36N2O5S/c1-18(2)30-23(26)24-11-8-19(9-12-24)5-4-14-29-17-20-6-7-22-16-25(31(3,27)28)13-10-21(22)15-20/h6-7,15,18-19H,4-5,8-14,16-17H2,1-3H3. The second kappa shape index (κ2) is 10.8. The van der Waals surface area contributed by atoms with Crippen molar-refractivity contribution in [3.05, 3.63) is 34.9 Å². The Hall–Kier alpha value is -1.64. The summed E-state index contributed by atoms with van der Waals surface area (Å²) >= 11 is 0. The van der Waals surface area contributed by atoms with Crippen LogP contribution in [-0.4, -0.2) is 62.3 Å². The summed E-state index contributed by atoms with van der Waals surface area (Å²) in [6.07, 6.45) is 5.97. The zero-order valence-corrected chi connectivity index (χ0v) is 19.8. The molecule has 174 valence electrons. The van der Waals surface area contributed by atoms with Gasteiger partial charge in [-0.1, -0.05) is 18.2 Å². The molecule has 2 heterocycles. The van der Waals surface area contributed by atoms with E-state index in [1.165, 1.54) is 16.1 Å². The fourth-order valence-corrected chi connectivity index (χ4v) is 5.09. The van der Waals surface area contributed by atoms with Gasteiger partial charge in [-0.3, -0.25) is 0 Å². The second-order valence-corrected chi connectivity index (χ2v) is 11.0. The number of hydrogen-bond acceptors (Lipinski definition) is 5. The lowest BCUT2D eigenvalue weighted by Crippen LogP contribution is -2.39. The van der Waals surface area contributed by atoms with E-state index in [1.807, 2.05) is 30.9 Å². The lowest BCUT2D eigenvalue weighted by molar-refractivity contribution is 0.0627. The molecular formula is C23H36N2O5S. The van der Waals surface area contributed by atoms with E-state index in [0.717, 1.165) is 62.9 Å². The number of benzene rings is 1. The normalized spacial score (nSPS) is 18.3. The van der Waals surface area contributed by atoms with Crippen LogP contribution in [0.25, 0.3) is 0 Å². The number of piperidine rings is 1. The largest absolute Gasteiger partial charge is 0.447 e. The van der Waals surface area contributed by atoms with E-state index in [9.17, 15) is 13.2 Å². The van der Waals surface area contributed by atoms with Gasteiger partial charge in [0.1, 0.15) is 0 Å². The van der Waals surface area contributed by atoms with Gasteiger partial charge in [0.2, 0.25) is 10.0 Å². The highest BCUT2D eigenvalue weighted by atomic mass is 32.2. The molecule has 0 bridgehead atoms. The Morgan fingerprint density at radius 3 is 2.58 bits per heavy atom. The lowest BCUT2D eigenvalue weighted by Gasteiger charge is -2.31. The van der Waals surface area contributed by atoms with Gasteiger partial charge in [0, 0.05) is 32.8 Å². The van der Waals surface area contributed by atoms with Crippen molar-refractivity contribution in [3.8, 4) is 0 Å². The molecule has 1 fully saturated rings. The van der Waals surface area contributed by atoms with Gasteiger partial charge < -0.3 is 14.4 Å². The number of fused-ring (bicyclic) bond motifs is 1. The molecule has 7 nitrogen and oxygen atoms in total. The Morgan fingerprint density at radius 2 is 1.90 bits per heavy atom. The first-order chi connectivity index (χ1) is 14.7. The quantitative estimate of drug-likeness (QED) is 0.564. The molecule has 0 unspecified atom stereocenters. The maximum absolute atomic E-state index is 12.0. The number of nitrogens with zero attached hydrogens (tertiary/aromatic N) is 2. The van der Waals surface area contributed by atoms with Crippen molar-refractivity contribution in [2.45, 2.75) is 65.2 Å². The van der Waals surface area contributed by atoms with Gasteiger partial charge >= 0.3 is 6.09 Å². The van der Waals surface area contributed by atoms with Crippen molar-refractivity contribution in [1.82, 2.24) is 9.21 Å². The minimum atomic E-state index is -3.14. The second-order valence-electron chi connectivity index (χ2n) is 9.01. The van der Waals surface area contributed by atoms with Crippen LogP contribution in [0.4, 0.5) is 4.79 Å². The highest BCUT2D eigenvalue weighted by Gasteiger charge is 2.24. The maximum atomic E-state index is 12.0. The molecule has 8 heteroatoms. The predicted molar refractivity (Wildman–Crippen MR) is 120 cm³/mol. The number of ether oxygens (including phenoxy) is 2. The van der Waals surface area contributed by atoms with E-state index in [0.29, 0.717) is 25.6 Å². The van der Waals surface area contributed by atoms with Crippen LogP contribution < -0.4 is 0 Å². The number of carbonyl (C=O) groups is 1. The van der Waals surface area contributed by atoms with Crippen molar-refractivity contribution in [1.29, 1.82) is 0 Å². The third-order valence-electron chi connectivity index (χ3n) is 6.10. The summed E-state index contributed by atoms with van der Waals surface area (Å²) < 4.78 is 36.2. The topological polar surface area (TPSA) is 76.2 Å². The zero-order chi connectivity index (χ0) is 22.4. The fourth-order valence-electron chi connectivity index (χ4n) is 4.30. The van der Waals surface area contributed by atoms with Gasteiger partial charge in [-0.15, -0.1) is 0 Å². The summed E-state index contributed by atoms with van der Waals surface area (Å²) in [5, 5.41) is 0. The molecule has 2 aliphatic heterocycles. The molecule has 0 spiro atoms. The zero-order valence-electron chi connectivity index (χ0n) is 19.0. The van der Waals surface area contributed by atoms with E-state index in [2.05, 4.69) is 6.07 Å². The molecule has 0 atom stereocenters. The minimum Gasteiger partial charge on any atom is -0.447 e. The summed E-state index contributed by atoms with van der Waals surface area (Å²) in [4.78, 5) is 13.8. The number of amides is 1. The molecule has 31 heavy (non-hydrogen) atoms. The fraction of sp³-hybridized carbons (Fsp3) is 0.696. The predicted octanol–water partition coefficient (Wildman–Crippen LogP) is 3.56. The lowest BCUT2D eigenvalue weighted by atomic mass is 9.92. The van der Waals surface area contributed by atoms with Crippen LogP contribution >= 0.6 is 0 Å². The van der Waals surface area contributed by atoms with E-state index in [4.69, 9.17) is 9.47 Å². The molecule has 1 aromatic rings. The van der Waals surface area contributed by atoms with Crippen LogP contribution in [-0.2, 0) is 39.1 Å². The molecule has 0 aromatic heterocycles. The van der Waals surface area contributed by atoms with Gasteiger partial charge in [0.05, 0.1) is 19.0 Å². The van der Waals surface area contributed by atoms with Gasteiger partial charge in [0.15, 0.2) is 0 Å². The SMILES string of the molecule is CC(C)OC(=O)N1CCC(CCCOCc2ccc3c(c2)CCN(S(C)(=O)=O)C3)CC1. The maximum Gasteiger partial charge on any atom is 0.410 e. The monoisotopic (exact) mass is 452 g/mol. The Bertz CT molecular complexity index is 848. The summed E-state index contributed by atoms with van der Waals surface area (Å²) in [6.45, 7) is 7.64. The van der Waals surface area contributed by atoms with Crippen LogP contribution in [0.2, 0.25) is 0 Å². The molecule has 1 saturated heterocycles. The molecule has 0 radical (unpaired) electrons. The van der Waals surface area contributed by atoms with Gasteiger partial charge in [-0.05, 0) is 68.6 Å². The summed E-state index contributed by atoms with van der Waals surface area (Å²) in [6, 6.07) is 6.22. The molecule has 1 aromatic carbocycles. The Balaban J connectivity index is 1.33. The highest BCUT2D eigenvalue weighted by molar-refractivity contribution is 7.88. The minimum absolute atomic E-state index is 0.0698. The Morgan fingerprint density at radius 1 is 1.16 bits per heavy atom. The van der Waals surface area contributed by atoms with Crippen molar-refractivity contribution in [3.63, 3.8) is 0 Å². The number of rotatable bonds is 8. The summed E-state index contributed by atoms with van der Waals surface area (Å²) in [5.41, 5.74) is 3.45. The Labute approximate surface area is 186 Å². The van der Waals surface area contributed by atoms with Crippen molar-refractivity contribution < 1.29 is 22.7 Å². The van der Waals surface area contributed by atoms with E-state index in [-0.39, 0.29) is 12.2 Å². The summed E-state index contributed by atoms with van der Waals surface area (Å²) in [5.74, 6) is 0.647. The smallest absolute Gasteiger partial charge is 0.410 e. The third kappa shape index (κ3) is 7.19. The first-order valence-electron chi connectivity index (χ1n) is 11.3. The molecule has 0 aliphatic carbocycles. The van der Waals surface area contributed by atoms with Crippen molar-refractivity contribution >= 4 is 16.1 Å². The highest BCUT2D eigenvalue weighted by Crippen LogP contribution is 2.24. The van der Waals surface area contributed by atoms with Crippen LogP contribution in [0.5, 0.6) is 0 Å². The van der Waals surface area contributed by atoms with Crippen molar-refractivity contribution in [2.24, 2.45) is 5.92 Å². The first-order valence-corrected chi connectivity index (χ1v) is 13.2. The van der Waals surface area contributed by atoms with E-state index < -0.39 is 10.0 Å². The third-order valence-corrected chi connectivity index (χ3v) is 7.35. The van der Waals surface area contributed by atoms with Crippen LogP contribution in [0, 0.1) is 5.92 Å². The number of sulfonamides is 1. The molecule has 0 N–H and O–H groups in total. The van der Waals surface area contributed by atoms with E-state index in [1.54, 1.807) is 0 Å². The molecule has 0 saturated carbocycles. The number of hydrogen-bond donors (Lipinski definition) is 0. The number of carbonyl (C=O) groups excluding carboxylic acids is 1. The average Bonchev–Trinajstić information content (AvgIpc) is 2.72. The Kier molecular flexibility index (Phi) is 8.36.